The van der Waals surface area contributed by atoms with E-state index in [4.69, 9.17) is 0 Å². The molecule has 0 aliphatic heterocycles. The highest BCUT2D eigenvalue weighted by Gasteiger charge is 2.23. The molecule has 23 heavy (non-hydrogen) atoms. The fraction of sp³-hybridized carbons (Fsp3) is 0. The van der Waals surface area contributed by atoms with E-state index in [9.17, 15) is 9.59 Å². The molecule has 0 aliphatic rings. The molecule has 0 saturated heterocycles. The van der Waals surface area contributed by atoms with Crippen LogP contribution in [0.25, 0.3) is 21.0 Å². The average Bonchev–Trinajstić information content (AvgIpc) is 3.04. The molecule has 0 N–H and O–H groups in total. The normalized spacial score (nSPS) is 11.0. The molecule has 0 aliphatic carbocycles. The molecular formula is C19H11NO2S. The predicted molar refractivity (Wildman–Crippen MR) is 92.2 cm³/mol. The van der Waals surface area contributed by atoms with Crippen molar-refractivity contribution in [2.75, 3.05) is 0 Å². The average molecular weight is 317 g/mol. The smallest absolute Gasteiger partial charge is 0.262 e. The van der Waals surface area contributed by atoms with Crippen LogP contribution in [0.3, 0.4) is 0 Å². The second-order valence-corrected chi connectivity index (χ2v) is 6.20. The summed E-state index contributed by atoms with van der Waals surface area (Å²) in [5, 5.41) is 1.97. The van der Waals surface area contributed by atoms with Gasteiger partial charge in [0.1, 0.15) is 0 Å². The molecule has 1 aromatic heterocycles. The third-order valence-corrected chi connectivity index (χ3v) is 4.76. The molecule has 0 amide bonds. The van der Waals surface area contributed by atoms with Gasteiger partial charge in [-0.3, -0.25) is 9.59 Å². The summed E-state index contributed by atoms with van der Waals surface area (Å²) in [6.45, 7) is 0. The number of carbonyl (C=O) groups is 2. The van der Waals surface area contributed by atoms with Crippen molar-refractivity contribution in [2.45, 2.75) is 0 Å². The molecule has 3 nitrogen and oxygen atoms in total. The first-order valence-electron chi connectivity index (χ1n) is 7.16. The number of para-hydroxylation sites is 1. The number of fused-ring (bicyclic) bond motifs is 2. The Morgan fingerprint density at radius 1 is 0.783 bits per heavy atom. The highest BCUT2D eigenvalue weighted by Crippen LogP contribution is 2.24. The van der Waals surface area contributed by atoms with E-state index in [-0.39, 0.29) is 5.01 Å². The van der Waals surface area contributed by atoms with Crippen LogP contribution in [0.15, 0.2) is 66.7 Å². The van der Waals surface area contributed by atoms with Crippen molar-refractivity contribution in [3.63, 3.8) is 0 Å². The van der Waals surface area contributed by atoms with Gasteiger partial charge in [0.05, 0.1) is 10.2 Å². The Hall–Kier alpha value is -2.85. The van der Waals surface area contributed by atoms with Crippen LogP contribution in [0, 0.1) is 0 Å². The first-order valence-corrected chi connectivity index (χ1v) is 7.98. The van der Waals surface area contributed by atoms with E-state index >= 15 is 0 Å². The van der Waals surface area contributed by atoms with Crippen LogP contribution in [-0.2, 0) is 0 Å². The number of nitrogens with zero attached hydrogens (tertiary/aromatic N) is 1. The van der Waals surface area contributed by atoms with Crippen LogP contribution < -0.4 is 0 Å². The van der Waals surface area contributed by atoms with Gasteiger partial charge in [0, 0.05) is 5.56 Å². The van der Waals surface area contributed by atoms with Crippen LogP contribution in [0.5, 0.6) is 0 Å². The highest BCUT2D eigenvalue weighted by molar-refractivity contribution is 7.21. The summed E-state index contributed by atoms with van der Waals surface area (Å²) in [5.41, 5.74) is 1.17. The number of carbonyl (C=O) groups excluding carboxylic acids is 2. The van der Waals surface area contributed by atoms with Gasteiger partial charge >= 0.3 is 0 Å². The molecule has 0 radical (unpaired) electrons. The molecule has 1 heterocycles. The standard InChI is InChI=1S/C19H11NO2S/c21-17(14-9-5-7-12-6-1-2-8-13(12)14)18(22)19-20-15-10-3-4-11-16(15)23-19/h1-11H. The van der Waals surface area contributed by atoms with E-state index in [1.165, 1.54) is 11.3 Å². The summed E-state index contributed by atoms with van der Waals surface area (Å²) in [4.78, 5) is 29.5. The lowest BCUT2D eigenvalue weighted by molar-refractivity contribution is 0.0818. The number of thiazole rings is 1. The third-order valence-electron chi connectivity index (χ3n) is 3.73. The van der Waals surface area contributed by atoms with Crippen molar-refractivity contribution in [3.05, 3.63) is 77.3 Å². The predicted octanol–water partition coefficient (Wildman–Crippen LogP) is 4.52. The summed E-state index contributed by atoms with van der Waals surface area (Å²) >= 11 is 1.25. The number of Topliss-reactive ketones (excluding diaryl/α,β-unsaturated/α-hetero) is 2. The largest absolute Gasteiger partial charge is 0.285 e. The summed E-state index contributed by atoms with van der Waals surface area (Å²) in [6.07, 6.45) is 0. The van der Waals surface area contributed by atoms with E-state index in [1.807, 2.05) is 54.6 Å². The zero-order valence-electron chi connectivity index (χ0n) is 12.0. The summed E-state index contributed by atoms with van der Waals surface area (Å²) in [6, 6.07) is 20.4. The Kier molecular flexibility index (Phi) is 3.24. The first-order chi connectivity index (χ1) is 11.2. The maximum Gasteiger partial charge on any atom is 0.262 e. The molecule has 4 heteroatoms. The minimum atomic E-state index is -0.553. The van der Waals surface area contributed by atoms with Gasteiger partial charge in [-0.1, -0.05) is 54.6 Å². The monoisotopic (exact) mass is 317 g/mol. The topological polar surface area (TPSA) is 47.0 Å². The molecule has 0 spiro atoms. The summed E-state index contributed by atoms with van der Waals surface area (Å²) in [5.74, 6) is -1.07. The van der Waals surface area contributed by atoms with Gasteiger partial charge in [0.2, 0.25) is 5.78 Å². The molecule has 4 rings (SSSR count). The second-order valence-electron chi connectivity index (χ2n) is 5.17. The molecule has 4 aromatic rings. The van der Waals surface area contributed by atoms with Crippen molar-refractivity contribution < 1.29 is 9.59 Å². The number of hydrogen-bond acceptors (Lipinski definition) is 4. The van der Waals surface area contributed by atoms with Crippen molar-refractivity contribution >= 4 is 43.9 Å². The van der Waals surface area contributed by atoms with Gasteiger partial charge in [0.15, 0.2) is 5.01 Å². The van der Waals surface area contributed by atoms with Crippen LogP contribution >= 0.6 is 11.3 Å². The zero-order valence-corrected chi connectivity index (χ0v) is 12.8. The minimum absolute atomic E-state index is 0.240. The lowest BCUT2D eigenvalue weighted by atomic mass is 9.99. The molecule has 0 atom stereocenters. The SMILES string of the molecule is O=C(C(=O)c1cccc2ccccc12)c1nc2ccccc2s1. The van der Waals surface area contributed by atoms with Crippen molar-refractivity contribution in [3.8, 4) is 0 Å². The quantitative estimate of drug-likeness (QED) is 0.412. The second kappa shape index (κ2) is 5.41. The molecule has 3 aromatic carbocycles. The van der Waals surface area contributed by atoms with Gasteiger partial charge in [0.25, 0.3) is 5.78 Å². The van der Waals surface area contributed by atoms with Gasteiger partial charge < -0.3 is 0 Å². The van der Waals surface area contributed by atoms with Crippen LogP contribution in [-0.4, -0.2) is 16.6 Å². The Morgan fingerprint density at radius 3 is 2.39 bits per heavy atom. The fourth-order valence-corrected chi connectivity index (χ4v) is 3.51. The first kappa shape index (κ1) is 13.8. The van der Waals surface area contributed by atoms with Gasteiger partial charge in [-0.25, -0.2) is 4.98 Å². The van der Waals surface area contributed by atoms with E-state index in [0.29, 0.717) is 5.56 Å². The van der Waals surface area contributed by atoms with Crippen molar-refractivity contribution in [2.24, 2.45) is 0 Å². The molecular weight excluding hydrogens is 306 g/mol. The van der Waals surface area contributed by atoms with Crippen LogP contribution in [0.4, 0.5) is 0 Å². The van der Waals surface area contributed by atoms with E-state index in [1.54, 1.807) is 12.1 Å². The molecule has 110 valence electrons. The lowest BCUT2D eigenvalue weighted by Crippen LogP contribution is -2.14. The Labute approximate surface area is 136 Å². The van der Waals surface area contributed by atoms with Crippen LogP contribution in [0.2, 0.25) is 0 Å². The highest BCUT2D eigenvalue weighted by atomic mass is 32.1. The minimum Gasteiger partial charge on any atom is -0.285 e. The molecule has 0 unspecified atom stereocenters. The maximum atomic E-state index is 12.7. The van der Waals surface area contributed by atoms with Crippen LogP contribution in [0.1, 0.15) is 20.2 Å². The third kappa shape index (κ3) is 2.33. The summed E-state index contributed by atoms with van der Waals surface area (Å²) < 4.78 is 0.904. The Bertz CT molecular complexity index is 1030. The maximum absolute atomic E-state index is 12.7. The summed E-state index contributed by atoms with van der Waals surface area (Å²) in [7, 11) is 0. The molecule has 0 fully saturated rings. The zero-order chi connectivity index (χ0) is 15.8. The fourth-order valence-electron chi connectivity index (χ4n) is 2.61. The number of ketones is 2. The number of aromatic nitrogens is 1. The van der Waals surface area contributed by atoms with Crippen molar-refractivity contribution in [1.82, 2.24) is 4.98 Å². The number of benzene rings is 3. The molecule has 0 bridgehead atoms. The number of hydrogen-bond donors (Lipinski definition) is 0. The van der Waals surface area contributed by atoms with E-state index in [0.717, 1.165) is 21.0 Å². The van der Waals surface area contributed by atoms with Gasteiger partial charge in [-0.2, -0.15) is 0 Å². The Balaban J connectivity index is 1.79. The van der Waals surface area contributed by atoms with Gasteiger partial charge in [-0.15, -0.1) is 11.3 Å². The molecule has 0 saturated carbocycles. The van der Waals surface area contributed by atoms with E-state index in [2.05, 4.69) is 4.98 Å². The number of rotatable bonds is 3. The van der Waals surface area contributed by atoms with E-state index < -0.39 is 11.6 Å². The Morgan fingerprint density at radius 2 is 1.52 bits per heavy atom. The lowest BCUT2D eigenvalue weighted by Gasteiger charge is -2.03. The van der Waals surface area contributed by atoms with Crippen molar-refractivity contribution in [1.29, 1.82) is 0 Å². The van der Waals surface area contributed by atoms with Gasteiger partial charge in [-0.05, 0) is 22.9 Å².